The van der Waals surface area contributed by atoms with E-state index in [1.807, 2.05) is 63.2 Å². The van der Waals surface area contributed by atoms with Crippen LogP contribution in [0.15, 0.2) is 57.8 Å². The Morgan fingerprint density at radius 3 is 2.62 bits per heavy atom. The van der Waals surface area contributed by atoms with Crippen LogP contribution in [-0.4, -0.2) is 21.0 Å². The summed E-state index contributed by atoms with van der Waals surface area (Å²) >= 11 is 0. The molecular weight excluding hydrogens is 404 g/mol. The second-order valence-electron chi connectivity index (χ2n) is 8.17. The molecule has 164 valence electrons. The summed E-state index contributed by atoms with van der Waals surface area (Å²) in [7, 11) is 0. The Morgan fingerprint density at radius 1 is 1.09 bits per heavy atom. The summed E-state index contributed by atoms with van der Waals surface area (Å²) in [6, 6.07) is 15.7. The molecule has 0 fully saturated rings. The van der Waals surface area contributed by atoms with Gasteiger partial charge in [0.05, 0.1) is 11.6 Å². The number of aryl methyl sites for hydroxylation is 3. The quantitative estimate of drug-likeness (QED) is 0.453. The molecule has 0 unspecified atom stereocenters. The Morgan fingerprint density at radius 2 is 1.84 bits per heavy atom. The molecule has 0 spiro atoms. The van der Waals surface area contributed by atoms with Gasteiger partial charge in [0.25, 0.3) is 5.56 Å². The third kappa shape index (κ3) is 4.94. The Bertz CT molecular complexity index is 1310. The van der Waals surface area contributed by atoms with Gasteiger partial charge in [-0.1, -0.05) is 46.6 Å². The van der Waals surface area contributed by atoms with E-state index in [2.05, 4.69) is 20.4 Å². The minimum Gasteiger partial charge on any atom is -0.350 e. The Balaban J connectivity index is 1.35. The number of hydrogen-bond acceptors (Lipinski definition) is 5. The van der Waals surface area contributed by atoms with Gasteiger partial charge in [-0.25, -0.2) is 0 Å². The van der Waals surface area contributed by atoms with Gasteiger partial charge in [0.1, 0.15) is 0 Å². The topological polar surface area (TPSA) is 101 Å². The highest BCUT2D eigenvalue weighted by Crippen LogP contribution is 2.19. The number of aromatic nitrogens is 3. The molecule has 7 heteroatoms. The van der Waals surface area contributed by atoms with E-state index in [4.69, 9.17) is 4.52 Å². The lowest BCUT2D eigenvalue weighted by molar-refractivity contribution is -0.121. The molecule has 4 aromatic rings. The molecule has 2 heterocycles. The molecule has 0 radical (unpaired) electrons. The molecule has 1 atom stereocenters. The van der Waals surface area contributed by atoms with E-state index in [9.17, 15) is 9.59 Å². The standard InChI is InChI=1S/C25H26N4O3/c1-15-7-10-18(11-8-15)17(3)26-22(30)5-4-6-23-28-24(29-32-23)20-14-19-13-16(2)9-12-21(19)27-25(20)31/h7-14,17H,4-6H2,1-3H3,(H,26,30)(H,27,31)/t17-/m1/s1. The van der Waals surface area contributed by atoms with E-state index in [0.29, 0.717) is 30.7 Å². The fourth-order valence-corrected chi connectivity index (χ4v) is 3.61. The number of benzene rings is 2. The van der Waals surface area contributed by atoms with Crippen molar-refractivity contribution in [3.63, 3.8) is 0 Å². The smallest absolute Gasteiger partial charge is 0.259 e. The monoisotopic (exact) mass is 430 g/mol. The third-order valence-electron chi connectivity index (χ3n) is 5.46. The molecule has 0 aliphatic rings. The van der Waals surface area contributed by atoms with E-state index in [-0.39, 0.29) is 23.3 Å². The van der Waals surface area contributed by atoms with Crippen LogP contribution in [0.4, 0.5) is 0 Å². The van der Waals surface area contributed by atoms with E-state index < -0.39 is 0 Å². The fraction of sp³-hybridized carbons (Fsp3) is 0.280. The lowest BCUT2D eigenvalue weighted by Gasteiger charge is -2.14. The molecule has 2 aromatic carbocycles. The largest absolute Gasteiger partial charge is 0.350 e. The van der Waals surface area contributed by atoms with Crippen molar-refractivity contribution in [3.8, 4) is 11.4 Å². The van der Waals surface area contributed by atoms with Crippen LogP contribution in [0.3, 0.4) is 0 Å². The number of pyridine rings is 1. The highest BCUT2D eigenvalue weighted by Gasteiger charge is 2.14. The van der Waals surface area contributed by atoms with Crippen LogP contribution in [0.5, 0.6) is 0 Å². The predicted octanol–water partition coefficient (Wildman–Crippen LogP) is 4.40. The van der Waals surface area contributed by atoms with Crippen molar-refractivity contribution in [2.24, 2.45) is 0 Å². The average Bonchev–Trinajstić information content (AvgIpc) is 3.22. The molecule has 32 heavy (non-hydrogen) atoms. The second kappa shape index (κ2) is 9.18. The Kier molecular flexibility index (Phi) is 6.16. The number of rotatable bonds is 7. The normalized spacial score (nSPS) is 12.1. The van der Waals surface area contributed by atoms with Crippen molar-refractivity contribution < 1.29 is 9.32 Å². The van der Waals surface area contributed by atoms with Gasteiger partial charge in [0.2, 0.25) is 17.6 Å². The molecular formula is C25H26N4O3. The number of H-pyrrole nitrogens is 1. The van der Waals surface area contributed by atoms with E-state index in [1.54, 1.807) is 6.07 Å². The minimum absolute atomic E-state index is 0.0286. The van der Waals surface area contributed by atoms with Crippen LogP contribution in [0.25, 0.3) is 22.3 Å². The zero-order valence-corrected chi connectivity index (χ0v) is 18.4. The molecule has 0 aliphatic heterocycles. The molecule has 4 rings (SSSR count). The summed E-state index contributed by atoms with van der Waals surface area (Å²) in [6.07, 6.45) is 1.38. The first kappa shape index (κ1) is 21.5. The van der Waals surface area contributed by atoms with Crippen molar-refractivity contribution in [1.29, 1.82) is 0 Å². The van der Waals surface area contributed by atoms with Crippen LogP contribution >= 0.6 is 0 Å². The second-order valence-corrected chi connectivity index (χ2v) is 8.17. The number of nitrogens with zero attached hydrogens (tertiary/aromatic N) is 2. The van der Waals surface area contributed by atoms with Crippen molar-refractivity contribution in [3.05, 3.63) is 81.5 Å². The van der Waals surface area contributed by atoms with Gasteiger partial charge in [-0.15, -0.1) is 0 Å². The summed E-state index contributed by atoms with van der Waals surface area (Å²) in [6.45, 7) is 6.00. The highest BCUT2D eigenvalue weighted by molar-refractivity contribution is 5.82. The van der Waals surface area contributed by atoms with Gasteiger partial charge in [0, 0.05) is 18.4 Å². The van der Waals surface area contributed by atoms with E-state index in [1.165, 1.54) is 5.56 Å². The maximum atomic E-state index is 12.4. The maximum Gasteiger partial charge on any atom is 0.259 e. The molecule has 1 amide bonds. The molecule has 0 aliphatic carbocycles. The van der Waals surface area contributed by atoms with Crippen molar-refractivity contribution >= 4 is 16.8 Å². The van der Waals surface area contributed by atoms with Gasteiger partial charge in [-0.2, -0.15) is 4.98 Å². The van der Waals surface area contributed by atoms with Crippen molar-refractivity contribution in [2.45, 2.75) is 46.1 Å². The summed E-state index contributed by atoms with van der Waals surface area (Å²) in [5, 5.41) is 7.88. The lowest BCUT2D eigenvalue weighted by atomic mass is 10.1. The first-order valence-electron chi connectivity index (χ1n) is 10.7. The SMILES string of the molecule is Cc1ccc([C@@H](C)NC(=O)CCCc2nc(-c3cc4cc(C)ccc4[nH]c3=O)no2)cc1. The summed E-state index contributed by atoms with van der Waals surface area (Å²) < 4.78 is 5.31. The van der Waals surface area contributed by atoms with E-state index >= 15 is 0 Å². The number of carbonyl (C=O) groups excluding carboxylic acids is 1. The number of fused-ring (bicyclic) bond motifs is 1. The number of amides is 1. The molecule has 0 saturated heterocycles. The summed E-state index contributed by atoms with van der Waals surface area (Å²) in [5.74, 6) is 0.629. The van der Waals surface area contributed by atoms with Gasteiger partial charge in [0.15, 0.2) is 0 Å². The van der Waals surface area contributed by atoms with Gasteiger partial charge < -0.3 is 14.8 Å². The Hall–Kier alpha value is -3.74. The molecule has 7 nitrogen and oxygen atoms in total. The van der Waals surface area contributed by atoms with Crippen LogP contribution in [0.1, 0.15) is 48.4 Å². The maximum absolute atomic E-state index is 12.4. The zero-order chi connectivity index (χ0) is 22.7. The number of nitrogens with one attached hydrogen (secondary N) is 2. The third-order valence-corrected chi connectivity index (χ3v) is 5.46. The number of carbonyl (C=O) groups is 1. The van der Waals surface area contributed by atoms with Crippen LogP contribution in [0.2, 0.25) is 0 Å². The van der Waals surface area contributed by atoms with Crippen LogP contribution in [0, 0.1) is 13.8 Å². The first-order valence-corrected chi connectivity index (χ1v) is 10.7. The van der Waals surface area contributed by atoms with Gasteiger partial charge >= 0.3 is 0 Å². The molecule has 2 aromatic heterocycles. The van der Waals surface area contributed by atoms with Gasteiger partial charge in [-0.05, 0) is 56.3 Å². The predicted molar refractivity (Wildman–Crippen MR) is 123 cm³/mol. The number of hydrogen-bond donors (Lipinski definition) is 2. The zero-order valence-electron chi connectivity index (χ0n) is 18.4. The van der Waals surface area contributed by atoms with Crippen LogP contribution < -0.4 is 10.9 Å². The van der Waals surface area contributed by atoms with Crippen molar-refractivity contribution in [2.75, 3.05) is 0 Å². The van der Waals surface area contributed by atoms with Gasteiger partial charge in [-0.3, -0.25) is 9.59 Å². The first-order chi connectivity index (χ1) is 15.4. The van der Waals surface area contributed by atoms with E-state index in [0.717, 1.165) is 22.0 Å². The fourth-order valence-electron chi connectivity index (χ4n) is 3.61. The molecule has 2 N–H and O–H groups in total. The minimum atomic E-state index is -0.266. The molecule has 0 bridgehead atoms. The lowest BCUT2D eigenvalue weighted by Crippen LogP contribution is -2.26. The molecule has 0 saturated carbocycles. The van der Waals surface area contributed by atoms with Crippen molar-refractivity contribution in [1.82, 2.24) is 20.4 Å². The summed E-state index contributed by atoms with van der Waals surface area (Å²) in [4.78, 5) is 31.9. The highest BCUT2D eigenvalue weighted by atomic mass is 16.5. The van der Waals surface area contributed by atoms with Crippen LogP contribution in [-0.2, 0) is 11.2 Å². The number of aromatic amines is 1. The summed E-state index contributed by atoms with van der Waals surface area (Å²) in [5.41, 5.74) is 4.22. The Labute approximate surface area is 185 Å². The average molecular weight is 431 g/mol.